The Labute approximate surface area is 112 Å². The zero-order valence-electron chi connectivity index (χ0n) is 10.7. The molecule has 0 bridgehead atoms. The van der Waals surface area contributed by atoms with Gasteiger partial charge in [0.25, 0.3) is 0 Å². The Bertz CT molecular complexity index is 466. The Morgan fingerprint density at radius 1 is 1.37 bits per heavy atom. The van der Waals surface area contributed by atoms with Gasteiger partial charge in [-0.25, -0.2) is 4.79 Å². The van der Waals surface area contributed by atoms with Crippen molar-refractivity contribution in [3.8, 4) is 0 Å². The second kappa shape index (κ2) is 6.50. The largest absolute Gasteiger partial charge is 0.388 e. The van der Waals surface area contributed by atoms with Gasteiger partial charge in [0.15, 0.2) is 0 Å². The molecule has 19 heavy (non-hydrogen) atoms. The number of carbonyl (C=O) groups excluding carboxylic acids is 1. The molecule has 1 aromatic rings. The average Bonchev–Trinajstić information content (AvgIpc) is 2.48. The maximum absolute atomic E-state index is 10.8. The van der Waals surface area contributed by atoms with Gasteiger partial charge in [0.05, 0.1) is 12.1 Å². The molecule has 0 aliphatic carbocycles. The fourth-order valence-electron chi connectivity index (χ4n) is 2.21. The van der Waals surface area contributed by atoms with E-state index in [1.54, 1.807) is 0 Å². The summed E-state index contributed by atoms with van der Waals surface area (Å²) in [7, 11) is 0. The molecule has 2 atom stereocenters. The topological polar surface area (TPSA) is 87.4 Å². The molecule has 2 unspecified atom stereocenters. The number of rotatable bonds is 4. The van der Waals surface area contributed by atoms with Crippen LogP contribution in [0.4, 0.5) is 0 Å². The van der Waals surface area contributed by atoms with Crippen molar-refractivity contribution in [3.05, 3.63) is 41.1 Å². The van der Waals surface area contributed by atoms with E-state index in [-0.39, 0.29) is 6.04 Å². The standard InChI is InChI=1S/C14H19N3O2/c15-8-10-1-3-11(4-2-10)14(19)7-12-13(9-18)17-6-5-16-12/h1-4,12,14,16-17,19H,5-8,15H2. The van der Waals surface area contributed by atoms with Gasteiger partial charge >= 0.3 is 0 Å². The van der Waals surface area contributed by atoms with E-state index >= 15 is 0 Å². The number of aliphatic hydroxyl groups excluding tert-OH is 1. The molecule has 1 aliphatic rings. The van der Waals surface area contributed by atoms with E-state index in [1.165, 1.54) is 0 Å². The van der Waals surface area contributed by atoms with Crippen molar-refractivity contribution in [1.82, 2.24) is 10.6 Å². The Morgan fingerprint density at radius 2 is 2.11 bits per heavy atom. The van der Waals surface area contributed by atoms with E-state index < -0.39 is 6.10 Å². The number of benzene rings is 1. The smallest absolute Gasteiger partial charge is 0.147 e. The van der Waals surface area contributed by atoms with Crippen LogP contribution in [0.3, 0.4) is 0 Å². The van der Waals surface area contributed by atoms with Gasteiger partial charge in [-0.05, 0) is 17.5 Å². The van der Waals surface area contributed by atoms with E-state index in [2.05, 4.69) is 10.6 Å². The maximum Gasteiger partial charge on any atom is 0.147 e. The van der Waals surface area contributed by atoms with E-state index in [0.29, 0.717) is 25.2 Å². The van der Waals surface area contributed by atoms with Crippen molar-refractivity contribution in [2.45, 2.75) is 25.1 Å². The third-order valence-corrected chi connectivity index (χ3v) is 3.35. The Morgan fingerprint density at radius 3 is 2.74 bits per heavy atom. The minimum atomic E-state index is -0.618. The van der Waals surface area contributed by atoms with Crippen LogP contribution in [0.2, 0.25) is 0 Å². The lowest BCUT2D eigenvalue weighted by Crippen LogP contribution is -2.47. The van der Waals surface area contributed by atoms with Crippen molar-refractivity contribution in [1.29, 1.82) is 0 Å². The Hall–Kier alpha value is -1.65. The third-order valence-electron chi connectivity index (χ3n) is 3.35. The molecule has 0 amide bonds. The molecule has 1 heterocycles. The second-order valence-electron chi connectivity index (χ2n) is 4.65. The lowest BCUT2D eigenvalue weighted by molar-refractivity contribution is 0.153. The van der Waals surface area contributed by atoms with Crippen LogP contribution in [0.15, 0.2) is 30.0 Å². The van der Waals surface area contributed by atoms with Gasteiger partial charge in [-0.3, -0.25) is 0 Å². The van der Waals surface area contributed by atoms with Crippen molar-refractivity contribution in [3.63, 3.8) is 0 Å². The first kappa shape index (κ1) is 13.8. The summed E-state index contributed by atoms with van der Waals surface area (Å²) in [6.07, 6.45) is -0.174. The molecule has 0 spiro atoms. The summed E-state index contributed by atoms with van der Waals surface area (Å²) in [5.74, 6) is 1.89. The van der Waals surface area contributed by atoms with Crippen molar-refractivity contribution in [2.75, 3.05) is 13.1 Å². The normalized spacial score (nSPS) is 20.5. The number of nitrogens with two attached hydrogens (primary N) is 1. The molecule has 1 aliphatic heterocycles. The molecule has 1 fully saturated rings. The first-order valence-electron chi connectivity index (χ1n) is 6.44. The van der Waals surface area contributed by atoms with Gasteiger partial charge < -0.3 is 21.5 Å². The summed E-state index contributed by atoms with van der Waals surface area (Å²) in [5.41, 5.74) is 7.88. The molecule has 0 saturated carbocycles. The lowest BCUT2D eigenvalue weighted by atomic mass is 9.98. The molecule has 1 saturated heterocycles. The van der Waals surface area contributed by atoms with Gasteiger partial charge in [0, 0.05) is 19.6 Å². The lowest BCUT2D eigenvalue weighted by Gasteiger charge is -2.27. The molecule has 1 aromatic carbocycles. The number of hydrogen-bond donors (Lipinski definition) is 4. The highest BCUT2D eigenvalue weighted by atomic mass is 16.3. The molecular formula is C14H19N3O2. The zero-order valence-corrected chi connectivity index (χ0v) is 10.7. The summed E-state index contributed by atoms with van der Waals surface area (Å²) in [5, 5.41) is 16.4. The van der Waals surface area contributed by atoms with Crippen LogP contribution in [0.1, 0.15) is 23.7 Å². The van der Waals surface area contributed by atoms with Crippen LogP contribution in [0, 0.1) is 0 Å². The van der Waals surface area contributed by atoms with Gasteiger partial charge in [-0.2, -0.15) is 0 Å². The summed E-state index contributed by atoms with van der Waals surface area (Å²) in [6, 6.07) is 7.37. The summed E-state index contributed by atoms with van der Waals surface area (Å²) >= 11 is 0. The fourth-order valence-corrected chi connectivity index (χ4v) is 2.21. The average molecular weight is 261 g/mol. The van der Waals surface area contributed by atoms with Crippen molar-refractivity contribution < 1.29 is 9.90 Å². The van der Waals surface area contributed by atoms with Crippen LogP contribution in [0.5, 0.6) is 0 Å². The summed E-state index contributed by atoms with van der Waals surface area (Å²) in [4.78, 5) is 10.8. The zero-order chi connectivity index (χ0) is 13.7. The Balaban J connectivity index is 2.02. The van der Waals surface area contributed by atoms with Crippen LogP contribution in [0.25, 0.3) is 0 Å². The fraction of sp³-hybridized carbons (Fsp3) is 0.429. The highest BCUT2D eigenvalue weighted by molar-refractivity contribution is 5.54. The van der Waals surface area contributed by atoms with Crippen LogP contribution in [-0.2, 0) is 11.3 Å². The predicted molar refractivity (Wildman–Crippen MR) is 72.9 cm³/mol. The SMILES string of the molecule is NCc1ccc(C(O)CC2NCCNC2=C=O)cc1. The van der Waals surface area contributed by atoms with E-state index in [1.807, 2.05) is 30.2 Å². The van der Waals surface area contributed by atoms with Gasteiger partial charge in [0.2, 0.25) is 0 Å². The summed E-state index contributed by atoms with van der Waals surface area (Å²) < 4.78 is 0. The number of nitrogens with one attached hydrogen (secondary N) is 2. The molecule has 5 N–H and O–H groups in total. The highest BCUT2D eigenvalue weighted by Gasteiger charge is 2.22. The van der Waals surface area contributed by atoms with Crippen molar-refractivity contribution in [2.24, 2.45) is 5.73 Å². The van der Waals surface area contributed by atoms with Crippen molar-refractivity contribution >= 4 is 5.94 Å². The molecule has 2 rings (SSSR count). The monoisotopic (exact) mass is 261 g/mol. The van der Waals surface area contributed by atoms with Gasteiger partial charge in [-0.1, -0.05) is 24.3 Å². The first-order valence-corrected chi connectivity index (χ1v) is 6.44. The minimum Gasteiger partial charge on any atom is -0.388 e. The molecule has 102 valence electrons. The van der Waals surface area contributed by atoms with Crippen LogP contribution in [-0.4, -0.2) is 30.2 Å². The van der Waals surface area contributed by atoms with Gasteiger partial charge in [-0.15, -0.1) is 0 Å². The molecule has 5 nitrogen and oxygen atoms in total. The highest BCUT2D eigenvalue weighted by Crippen LogP contribution is 2.21. The maximum atomic E-state index is 10.8. The molecular weight excluding hydrogens is 242 g/mol. The molecule has 5 heteroatoms. The quantitative estimate of drug-likeness (QED) is 0.566. The van der Waals surface area contributed by atoms with Crippen LogP contribution < -0.4 is 16.4 Å². The first-order chi connectivity index (χ1) is 9.24. The number of piperazine rings is 1. The van der Waals surface area contributed by atoms with Crippen LogP contribution >= 0.6 is 0 Å². The number of aliphatic hydroxyl groups is 1. The minimum absolute atomic E-state index is 0.171. The second-order valence-corrected chi connectivity index (χ2v) is 4.65. The third kappa shape index (κ3) is 3.43. The number of hydrogen-bond acceptors (Lipinski definition) is 5. The van der Waals surface area contributed by atoms with E-state index in [0.717, 1.165) is 17.7 Å². The van der Waals surface area contributed by atoms with Gasteiger partial charge in [0.1, 0.15) is 11.6 Å². The Kier molecular flexibility index (Phi) is 4.71. The van der Waals surface area contributed by atoms with E-state index in [9.17, 15) is 9.90 Å². The summed E-state index contributed by atoms with van der Waals surface area (Å²) in [6.45, 7) is 1.97. The molecule has 0 aromatic heterocycles. The van der Waals surface area contributed by atoms with E-state index in [4.69, 9.17) is 5.73 Å². The predicted octanol–water partition coefficient (Wildman–Crippen LogP) is -0.154. The molecule has 0 radical (unpaired) electrons.